The molecule has 3 atom stereocenters. The maximum absolute atomic E-state index is 6.31. The molecular formula is C16H23N3. The topological polar surface area (TPSA) is 32.5 Å². The summed E-state index contributed by atoms with van der Waals surface area (Å²) in [5.74, 6) is 0. The van der Waals surface area contributed by atoms with E-state index in [1.54, 1.807) is 0 Å². The van der Waals surface area contributed by atoms with Gasteiger partial charge in [-0.2, -0.15) is 0 Å². The minimum absolute atomic E-state index is 0.239. The van der Waals surface area contributed by atoms with Gasteiger partial charge in [-0.25, -0.2) is 0 Å². The Balaban J connectivity index is 1.57. The first-order valence-corrected chi connectivity index (χ1v) is 7.65. The molecule has 3 unspecified atom stereocenters. The maximum Gasteiger partial charge on any atom is 0.0370 e. The van der Waals surface area contributed by atoms with Crippen LogP contribution in [0.5, 0.6) is 0 Å². The Kier molecular flexibility index (Phi) is 2.87. The van der Waals surface area contributed by atoms with E-state index in [9.17, 15) is 0 Å². The Morgan fingerprint density at radius 1 is 1.00 bits per heavy atom. The molecule has 102 valence electrons. The van der Waals surface area contributed by atoms with Gasteiger partial charge in [0.05, 0.1) is 0 Å². The zero-order chi connectivity index (χ0) is 12.8. The highest BCUT2D eigenvalue weighted by atomic mass is 15.3. The second-order valence-corrected chi connectivity index (χ2v) is 6.31. The molecule has 2 fully saturated rings. The second kappa shape index (κ2) is 4.58. The first-order valence-electron chi connectivity index (χ1n) is 7.65. The molecule has 1 aromatic carbocycles. The Hall–Kier alpha value is -0.900. The van der Waals surface area contributed by atoms with Gasteiger partial charge in [0.1, 0.15) is 0 Å². The maximum atomic E-state index is 6.31. The van der Waals surface area contributed by atoms with Crippen molar-refractivity contribution in [3.05, 3.63) is 35.4 Å². The molecule has 2 aliphatic heterocycles. The predicted molar refractivity (Wildman–Crippen MR) is 76.9 cm³/mol. The molecule has 0 radical (unpaired) electrons. The smallest absolute Gasteiger partial charge is 0.0370 e. The number of hydrogen-bond donors (Lipinski definition) is 1. The van der Waals surface area contributed by atoms with Gasteiger partial charge in [0.25, 0.3) is 0 Å². The molecule has 1 aliphatic carbocycles. The van der Waals surface area contributed by atoms with Crippen LogP contribution in [0.3, 0.4) is 0 Å². The molecule has 3 heteroatoms. The molecule has 3 aliphatic rings. The predicted octanol–water partition coefficient (Wildman–Crippen LogP) is 1.91. The van der Waals surface area contributed by atoms with Gasteiger partial charge in [-0.05, 0) is 36.9 Å². The Bertz CT molecular complexity index is 473. The number of benzene rings is 1. The van der Waals surface area contributed by atoms with E-state index in [0.29, 0.717) is 6.04 Å². The van der Waals surface area contributed by atoms with Gasteiger partial charge in [-0.15, -0.1) is 0 Å². The minimum Gasteiger partial charge on any atom is -0.324 e. The normalized spacial score (nSPS) is 35.3. The summed E-state index contributed by atoms with van der Waals surface area (Å²) in [6.45, 7) is 5.02. The van der Waals surface area contributed by atoms with Crippen LogP contribution in [0.2, 0.25) is 0 Å². The van der Waals surface area contributed by atoms with Crippen molar-refractivity contribution in [3.63, 3.8) is 0 Å². The first-order chi connectivity index (χ1) is 9.33. The van der Waals surface area contributed by atoms with Crippen molar-refractivity contribution in [2.75, 3.05) is 26.2 Å². The van der Waals surface area contributed by atoms with Crippen LogP contribution in [0, 0.1) is 0 Å². The van der Waals surface area contributed by atoms with E-state index in [2.05, 4.69) is 34.1 Å². The lowest BCUT2D eigenvalue weighted by Crippen LogP contribution is -2.50. The summed E-state index contributed by atoms with van der Waals surface area (Å²) < 4.78 is 0. The van der Waals surface area contributed by atoms with Crippen LogP contribution >= 0.6 is 0 Å². The molecule has 3 nitrogen and oxygen atoms in total. The molecule has 19 heavy (non-hydrogen) atoms. The SMILES string of the molecule is NC1CC(N2CCN3CCCC3C2)c2ccccc21. The fourth-order valence-electron chi connectivity index (χ4n) is 4.29. The largest absolute Gasteiger partial charge is 0.324 e. The average molecular weight is 257 g/mol. The Labute approximate surface area is 115 Å². The number of piperazine rings is 1. The average Bonchev–Trinajstić information content (AvgIpc) is 3.03. The fraction of sp³-hybridized carbons (Fsp3) is 0.625. The van der Waals surface area contributed by atoms with Gasteiger partial charge in [-0.3, -0.25) is 9.80 Å². The summed E-state index contributed by atoms with van der Waals surface area (Å²) in [6, 6.07) is 10.4. The van der Waals surface area contributed by atoms with Crippen LogP contribution < -0.4 is 5.73 Å². The van der Waals surface area contributed by atoms with Crippen LogP contribution in [0.15, 0.2) is 24.3 Å². The minimum atomic E-state index is 0.239. The van der Waals surface area contributed by atoms with Crippen molar-refractivity contribution in [2.45, 2.75) is 37.4 Å². The third kappa shape index (κ3) is 1.92. The lowest BCUT2D eigenvalue weighted by Gasteiger charge is -2.40. The van der Waals surface area contributed by atoms with Crippen molar-refractivity contribution in [1.29, 1.82) is 0 Å². The highest BCUT2D eigenvalue weighted by molar-refractivity contribution is 5.37. The summed E-state index contributed by atoms with van der Waals surface area (Å²) in [7, 11) is 0. The molecule has 2 heterocycles. The number of hydrogen-bond acceptors (Lipinski definition) is 3. The van der Waals surface area contributed by atoms with E-state index in [1.165, 1.54) is 50.1 Å². The zero-order valence-electron chi connectivity index (χ0n) is 11.5. The van der Waals surface area contributed by atoms with Crippen molar-refractivity contribution >= 4 is 0 Å². The van der Waals surface area contributed by atoms with E-state index in [-0.39, 0.29) is 6.04 Å². The summed E-state index contributed by atoms with van der Waals surface area (Å²) in [5.41, 5.74) is 9.18. The van der Waals surface area contributed by atoms with Gasteiger partial charge in [0.2, 0.25) is 0 Å². The van der Waals surface area contributed by atoms with Crippen LogP contribution in [-0.2, 0) is 0 Å². The second-order valence-electron chi connectivity index (χ2n) is 6.31. The quantitative estimate of drug-likeness (QED) is 0.834. The Morgan fingerprint density at radius 3 is 2.68 bits per heavy atom. The molecular weight excluding hydrogens is 234 g/mol. The standard InChI is InChI=1S/C16H23N3/c17-15-10-16(14-6-2-1-5-13(14)15)19-9-8-18-7-3-4-12(18)11-19/h1-2,5-6,12,15-16H,3-4,7-11,17H2. The van der Waals surface area contributed by atoms with Gasteiger partial charge < -0.3 is 5.73 Å². The first kappa shape index (κ1) is 11.9. The van der Waals surface area contributed by atoms with E-state index in [0.717, 1.165) is 12.5 Å². The molecule has 2 N–H and O–H groups in total. The van der Waals surface area contributed by atoms with Crippen LogP contribution in [0.4, 0.5) is 0 Å². The molecule has 0 saturated carbocycles. The zero-order valence-corrected chi connectivity index (χ0v) is 11.5. The van der Waals surface area contributed by atoms with Crippen LogP contribution in [0.1, 0.15) is 42.5 Å². The van der Waals surface area contributed by atoms with Gasteiger partial charge in [0.15, 0.2) is 0 Å². The van der Waals surface area contributed by atoms with E-state index in [4.69, 9.17) is 5.73 Å². The van der Waals surface area contributed by atoms with Crippen molar-refractivity contribution < 1.29 is 0 Å². The summed E-state index contributed by atoms with van der Waals surface area (Å²) in [5, 5.41) is 0. The number of fused-ring (bicyclic) bond motifs is 2. The third-order valence-electron chi connectivity index (χ3n) is 5.29. The molecule has 0 amide bonds. The molecule has 1 aromatic rings. The lowest BCUT2D eigenvalue weighted by atomic mass is 10.0. The molecule has 0 bridgehead atoms. The van der Waals surface area contributed by atoms with Gasteiger partial charge >= 0.3 is 0 Å². The molecule has 2 saturated heterocycles. The highest BCUT2D eigenvalue weighted by Crippen LogP contribution is 2.42. The van der Waals surface area contributed by atoms with E-state index >= 15 is 0 Å². The third-order valence-corrected chi connectivity index (χ3v) is 5.29. The Morgan fingerprint density at radius 2 is 1.79 bits per heavy atom. The van der Waals surface area contributed by atoms with Gasteiger partial charge in [-0.1, -0.05) is 24.3 Å². The van der Waals surface area contributed by atoms with Crippen LogP contribution in [-0.4, -0.2) is 42.0 Å². The lowest BCUT2D eigenvalue weighted by molar-refractivity contribution is 0.0699. The fourth-order valence-corrected chi connectivity index (χ4v) is 4.29. The van der Waals surface area contributed by atoms with Crippen molar-refractivity contribution in [3.8, 4) is 0 Å². The number of nitrogens with two attached hydrogens (primary N) is 1. The molecule has 0 aromatic heterocycles. The number of rotatable bonds is 1. The summed E-state index contributed by atoms with van der Waals surface area (Å²) >= 11 is 0. The van der Waals surface area contributed by atoms with Crippen molar-refractivity contribution in [2.24, 2.45) is 5.73 Å². The monoisotopic (exact) mass is 257 g/mol. The summed E-state index contributed by atoms with van der Waals surface area (Å²) in [6.07, 6.45) is 3.88. The number of nitrogens with zero attached hydrogens (tertiary/aromatic N) is 2. The van der Waals surface area contributed by atoms with E-state index < -0.39 is 0 Å². The highest BCUT2D eigenvalue weighted by Gasteiger charge is 2.37. The summed E-state index contributed by atoms with van der Waals surface area (Å²) in [4.78, 5) is 5.37. The molecule has 4 rings (SSSR count). The van der Waals surface area contributed by atoms with Crippen LogP contribution in [0.25, 0.3) is 0 Å². The van der Waals surface area contributed by atoms with E-state index in [1.807, 2.05) is 0 Å². The molecule has 0 spiro atoms. The van der Waals surface area contributed by atoms with Gasteiger partial charge in [0, 0.05) is 37.8 Å². The van der Waals surface area contributed by atoms with Crippen molar-refractivity contribution in [1.82, 2.24) is 9.80 Å².